The van der Waals surface area contributed by atoms with Crippen LogP contribution in [0.1, 0.15) is 10.4 Å². The first-order chi connectivity index (χ1) is 14.5. The van der Waals surface area contributed by atoms with Crippen LogP contribution in [0, 0.1) is 0 Å². The molecule has 0 aliphatic rings. The number of hydrogen-bond donors (Lipinski definition) is 3. The number of hydrogen-bond acceptors (Lipinski definition) is 5. The number of fused-ring (bicyclic) bond motifs is 1. The number of phenolic OH excluding ortho intramolecular Hbond substituents is 2. The molecular formula is C23H16ClFeN3O3. The van der Waals surface area contributed by atoms with Gasteiger partial charge in [0.2, 0.25) is 0 Å². The largest absolute Gasteiger partial charge is 0.506 e. The molecule has 0 heterocycles. The number of anilines is 1. The van der Waals surface area contributed by atoms with E-state index in [0.29, 0.717) is 21.5 Å². The summed E-state index contributed by atoms with van der Waals surface area (Å²) in [5.41, 5.74) is 0.916. The van der Waals surface area contributed by atoms with Gasteiger partial charge in [-0.1, -0.05) is 54.1 Å². The summed E-state index contributed by atoms with van der Waals surface area (Å²) < 4.78 is 0. The molecule has 0 unspecified atom stereocenters. The number of nitrogens with zero attached hydrogens (tertiary/aromatic N) is 2. The second-order valence-corrected chi connectivity index (χ2v) is 6.93. The standard InChI is InChI=1S/C23H16ClN3O3.Fe/c24-15-10-11-20(28)19(13-15)26-27-21-17-9-5-4-6-14(17)12-18(22(21)29)23(30)25-16-7-2-1-3-8-16;/h1-13,28-29H,(H,25,30);. The van der Waals surface area contributed by atoms with Crippen molar-refractivity contribution < 1.29 is 32.1 Å². The summed E-state index contributed by atoms with van der Waals surface area (Å²) in [6.07, 6.45) is 0. The van der Waals surface area contributed by atoms with Crippen LogP contribution in [0.4, 0.5) is 17.1 Å². The molecule has 0 saturated heterocycles. The molecule has 4 aromatic carbocycles. The van der Waals surface area contributed by atoms with E-state index in [9.17, 15) is 15.0 Å². The van der Waals surface area contributed by atoms with E-state index in [1.54, 1.807) is 42.5 Å². The third-order valence-electron chi connectivity index (χ3n) is 4.47. The van der Waals surface area contributed by atoms with Gasteiger partial charge in [-0.25, -0.2) is 0 Å². The number of phenols is 2. The van der Waals surface area contributed by atoms with Crippen LogP contribution in [0.15, 0.2) is 89.1 Å². The van der Waals surface area contributed by atoms with Gasteiger partial charge in [-0.3, -0.25) is 4.79 Å². The average Bonchev–Trinajstić information content (AvgIpc) is 2.75. The quantitative estimate of drug-likeness (QED) is 0.231. The zero-order chi connectivity index (χ0) is 21.1. The summed E-state index contributed by atoms with van der Waals surface area (Å²) in [7, 11) is 0. The predicted octanol–water partition coefficient (Wildman–Crippen LogP) is 6.57. The van der Waals surface area contributed by atoms with E-state index in [0.717, 1.165) is 0 Å². The van der Waals surface area contributed by atoms with E-state index in [1.807, 2.05) is 18.2 Å². The number of para-hydroxylation sites is 1. The molecule has 4 rings (SSSR count). The Morgan fingerprint density at radius 2 is 1.58 bits per heavy atom. The molecule has 0 fully saturated rings. The van der Waals surface area contributed by atoms with Crippen molar-refractivity contribution in [1.29, 1.82) is 0 Å². The zero-order valence-corrected chi connectivity index (χ0v) is 17.8. The number of benzene rings is 4. The van der Waals surface area contributed by atoms with Gasteiger partial charge < -0.3 is 15.5 Å². The average molecular weight is 474 g/mol. The van der Waals surface area contributed by atoms with Crippen molar-refractivity contribution in [3.05, 3.63) is 89.4 Å². The van der Waals surface area contributed by atoms with E-state index in [4.69, 9.17) is 11.6 Å². The van der Waals surface area contributed by atoms with Crippen LogP contribution in [-0.2, 0) is 17.1 Å². The van der Waals surface area contributed by atoms with Crippen molar-refractivity contribution in [2.45, 2.75) is 0 Å². The van der Waals surface area contributed by atoms with Crippen LogP contribution < -0.4 is 5.32 Å². The topological polar surface area (TPSA) is 94.3 Å². The molecule has 6 nitrogen and oxygen atoms in total. The van der Waals surface area contributed by atoms with Crippen molar-refractivity contribution in [2.75, 3.05) is 5.32 Å². The van der Waals surface area contributed by atoms with Gasteiger partial charge in [0.15, 0.2) is 5.75 Å². The van der Waals surface area contributed by atoms with Crippen LogP contribution >= 0.6 is 11.6 Å². The Bertz CT molecular complexity index is 1280. The Hall–Kier alpha value is -3.38. The van der Waals surface area contributed by atoms with Gasteiger partial charge in [0, 0.05) is 33.2 Å². The summed E-state index contributed by atoms with van der Waals surface area (Å²) in [6.45, 7) is 0. The van der Waals surface area contributed by atoms with Gasteiger partial charge in [0.05, 0.1) is 5.56 Å². The van der Waals surface area contributed by atoms with Crippen molar-refractivity contribution in [1.82, 2.24) is 0 Å². The summed E-state index contributed by atoms with van der Waals surface area (Å²) in [6, 6.07) is 22.1. The van der Waals surface area contributed by atoms with Crippen molar-refractivity contribution in [2.24, 2.45) is 10.2 Å². The monoisotopic (exact) mass is 473 g/mol. The smallest absolute Gasteiger partial charge is 0.259 e. The Balaban J connectivity index is 0.00000272. The molecule has 0 aliphatic carbocycles. The molecule has 0 aliphatic heterocycles. The van der Waals surface area contributed by atoms with Gasteiger partial charge in [0.1, 0.15) is 17.1 Å². The first-order valence-electron chi connectivity index (χ1n) is 9.04. The van der Waals surface area contributed by atoms with Gasteiger partial charge in [-0.05, 0) is 41.8 Å². The number of carbonyl (C=O) groups is 1. The minimum Gasteiger partial charge on any atom is -0.506 e. The second-order valence-electron chi connectivity index (χ2n) is 6.50. The first kappa shape index (κ1) is 22.3. The minimum absolute atomic E-state index is 0. The fraction of sp³-hybridized carbons (Fsp3) is 0. The number of rotatable bonds is 4. The van der Waals surface area contributed by atoms with Gasteiger partial charge in [-0.15, -0.1) is 10.2 Å². The fourth-order valence-corrected chi connectivity index (χ4v) is 3.16. The molecule has 0 bridgehead atoms. The van der Waals surface area contributed by atoms with E-state index in [-0.39, 0.29) is 45.5 Å². The van der Waals surface area contributed by atoms with Crippen LogP contribution in [0.25, 0.3) is 10.8 Å². The molecule has 0 saturated carbocycles. The van der Waals surface area contributed by atoms with E-state index >= 15 is 0 Å². The van der Waals surface area contributed by atoms with Gasteiger partial charge in [0.25, 0.3) is 5.91 Å². The number of halogens is 1. The number of nitrogens with one attached hydrogen (secondary N) is 1. The molecule has 0 aromatic heterocycles. The van der Waals surface area contributed by atoms with E-state index in [1.165, 1.54) is 18.2 Å². The molecule has 156 valence electrons. The maximum Gasteiger partial charge on any atom is 0.259 e. The molecule has 31 heavy (non-hydrogen) atoms. The fourth-order valence-electron chi connectivity index (χ4n) is 2.99. The maximum absolute atomic E-state index is 12.8. The Morgan fingerprint density at radius 1 is 0.871 bits per heavy atom. The van der Waals surface area contributed by atoms with Crippen LogP contribution in [0.2, 0.25) is 5.02 Å². The molecule has 0 atom stereocenters. The third-order valence-corrected chi connectivity index (χ3v) is 4.70. The molecule has 0 radical (unpaired) electrons. The maximum atomic E-state index is 12.8. The molecule has 0 spiro atoms. The van der Waals surface area contributed by atoms with Crippen LogP contribution in [-0.4, -0.2) is 16.1 Å². The predicted molar refractivity (Wildman–Crippen MR) is 117 cm³/mol. The molecular weight excluding hydrogens is 458 g/mol. The van der Waals surface area contributed by atoms with Crippen molar-refractivity contribution >= 4 is 45.3 Å². The van der Waals surface area contributed by atoms with Crippen LogP contribution in [0.3, 0.4) is 0 Å². The SMILES string of the molecule is O=C(Nc1ccccc1)c1cc2ccccc2c(N=Nc2cc(Cl)ccc2O)c1O.[Fe]. The summed E-state index contributed by atoms with van der Waals surface area (Å²) in [5, 5.41) is 33.4. The number of azo groups is 1. The number of aromatic hydroxyl groups is 2. The Labute approximate surface area is 193 Å². The molecule has 4 aromatic rings. The summed E-state index contributed by atoms with van der Waals surface area (Å²) in [4.78, 5) is 12.8. The molecule has 3 N–H and O–H groups in total. The normalized spacial score (nSPS) is 10.7. The van der Waals surface area contributed by atoms with E-state index < -0.39 is 5.91 Å². The second kappa shape index (κ2) is 9.62. The Morgan fingerprint density at radius 3 is 2.35 bits per heavy atom. The third kappa shape index (κ3) is 4.86. The number of amides is 1. The van der Waals surface area contributed by atoms with Gasteiger partial charge >= 0.3 is 0 Å². The van der Waals surface area contributed by atoms with Gasteiger partial charge in [-0.2, -0.15) is 0 Å². The zero-order valence-electron chi connectivity index (χ0n) is 15.9. The summed E-state index contributed by atoms with van der Waals surface area (Å²) in [5.74, 6) is -0.899. The Kier molecular flexibility index (Phi) is 6.92. The van der Waals surface area contributed by atoms with Crippen LogP contribution in [0.5, 0.6) is 11.5 Å². The first-order valence-corrected chi connectivity index (χ1v) is 9.42. The number of carbonyl (C=O) groups excluding carboxylic acids is 1. The van der Waals surface area contributed by atoms with Crippen molar-refractivity contribution in [3.8, 4) is 11.5 Å². The molecule has 1 amide bonds. The van der Waals surface area contributed by atoms with E-state index in [2.05, 4.69) is 15.5 Å². The minimum atomic E-state index is -0.480. The van der Waals surface area contributed by atoms with Crippen molar-refractivity contribution in [3.63, 3.8) is 0 Å². The molecule has 8 heteroatoms. The summed E-state index contributed by atoms with van der Waals surface area (Å²) >= 11 is 5.95.